The molecule has 1 unspecified atom stereocenters. The van der Waals surface area contributed by atoms with Crippen molar-refractivity contribution >= 4 is 34.1 Å². The summed E-state index contributed by atoms with van der Waals surface area (Å²) in [5.41, 5.74) is 25.8. The van der Waals surface area contributed by atoms with Crippen LogP contribution in [0.15, 0.2) is 72.8 Å². The van der Waals surface area contributed by atoms with Gasteiger partial charge in [-0.25, -0.2) is 0 Å². The quantitative estimate of drug-likeness (QED) is 0.171. The van der Waals surface area contributed by atoms with Crippen LogP contribution in [0.4, 0.5) is 34.1 Å². The molecule has 0 radical (unpaired) electrons. The van der Waals surface area contributed by atoms with E-state index >= 15 is 0 Å². The number of anilines is 6. The lowest BCUT2D eigenvalue weighted by molar-refractivity contribution is 0.402. The summed E-state index contributed by atoms with van der Waals surface area (Å²) in [6.07, 6.45) is 3.44. The standard InChI is InChI=1S/C61H76N2/c1-35-24-42-45(60(16,17)33-57(42,10)11)30-48(35)63-47-23-20-36(54(2,3)4)25-39(47)52-40-29-44-46(61(18,19)34-59(44,14)15)31-49(40)62(50-26-37(55(5,6)7)27-51(63)53(50)52)38-21-22-41-43(28-38)58(12,13)32-56(41,8)9/h20-31,52H,32-34H2,1-19H3. The van der Waals surface area contributed by atoms with Gasteiger partial charge in [0.25, 0.3) is 0 Å². The fourth-order valence-corrected chi connectivity index (χ4v) is 14.4. The van der Waals surface area contributed by atoms with Gasteiger partial charge in [-0.05, 0) is 173 Å². The number of hydrogen-bond acceptors (Lipinski definition) is 2. The molecular weight excluding hydrogens is 761 g/mol. The first-order chi connectivity index (χ1) is 28.8. The molecule has 10 rings (SSSR count). The summed E-state index contributed by atoms with van der Waals surface area (Å²) in [7, 11) is 0. The maximum absolute atomic E-state index is 2.72. The van der Waals surface area contributed by atoms with E-state index in [0.29, 0.717) is 0 Å². The van der Waals surface area contributed by atoms with E-state index in [2.05, 4.69) is 214 Å². The van der Waals surface area contributed by atoms with Crippen LogP contribution in [0, 0.1) is 6.92 Å². The van der Waals surface area contributed by atoms with E-state index in [-0.39, 0.29) is 49.2 Å². The summed E-state index contributed by atoms with van der Waals surface area (Å²) in [6, 6.07) is 30.8. The Bertz CT molecular complexity index is 2800. The zero-order chi connectivity index (χ0) is 45.7. The van der Waals surface area contributed by atoms with Crippen LogP contribution in [-0.2, 0) is 43.3 Å². The van der Waals surface area contributed by atoms with Gasteiger partial charge in [-0.1, -0.05) is 155 Å². The van der Waals surface area contributed by atoms with E-state index < -0.39 is 0 Å². The van der Waals surface area contributed by atoms with Crippen LogP contribution >= 0.6 is 0 Å². The van der Waals surface area contributed by atoms with Crippen molar-refractivity contribution in [2.24, 2.45) is 0 Å². The molecule has 5 aliphatic rings. The predicted molar refractivity (Wildman–Crippen MR) is 271 cm³/mol. The Balaban J connectivity index is 1.36. The Kier molecular flexibility index (Phi) is 8.48. The number of benzene rings is 5. The Morgan fingerprint density at radius 2 is 0.841 bits per heavy atom. The molecule has 5 aromatic carbocycles. The van der Waals surface area contributed by atoms with E-state index in [0.717, 1.165) is 19.3 Å². The van der Waals surface area contributed by atoms with Gasteiger partial charge < -0.3 is 9.80 Å². The van der Waals surface area contributed by atoms with Crippen LogP contribution in [0.2, 0.25) is 0 Å². The van der Waals surface area contributed by atoms with Crippen LogP contribution in [0.25, 0.3) is 0 Å². The van der Waals surface area contributed by atoms with Gasteiger partial charge in [0, 0.05) is 22.9 Å². The van der Waals surface area contributed by atoms with Crippen molar-refractivity contribution in [3.63, 3.8) is 0 Å². The Morgan fingerprint density at radius 3 is 1.38 bits per heavy atom. The molecule has 5 aromatic rings. The molecule has 2 heterocycles. The van der Waals surface area contributed by atoms with Gasteiger partial charge in [0.2, 0.25) is 0 Å². The molecule has 0 amide bonds. The van der Waals surface area contributed by atoms with Crippen molar-refractivity contribution < 1.29 is 0 Å². The molecule has 0 aromatic heterocycles. The molecule has 330 valence electrons. The smallest absolute Gasteiger partial charge is 0.0527 e. The molecule has 3 aliphatic carbocycles. The fourth-order valence-electron chi connectivity index (χ4n) is 14.4. The van der Waals surface area contributed by atoms with Gasteiger partial charge in [-0.2, -0.15) is 0 Å². The third-order valence-corrected chi connectivity index (χ3v) is 16.8. The maximum atomic E-state index is 2.72. The van der Waals surface area contributed by atoms with E-state index in [1.165, 1.54) is 101 Å². The largest absolute Gasteiger partial charge is 0.310 e. The van der Waals surface area contributed by atoms with E-state index in [4.69, 9.17) is 0 Å². The number of nitrogens with zero attached hydrogens (tertiary/aromatic N) is 2. The third kappa shape index (κ3) is 6.07. The van der Waals surface area contributed by atoms with Gasteiger partial charge in [-0.3, -0.25) is 0 Å². The number of hydrogen-bond donors (Lipinski definition) is 0. The molecule has 0 saturated heterocycles. The highest BCUT2D eigenvalue weighted by Gasteiger charge is 2.49. The molecule has 0 fully saturated rings. The minimum Gasteiger partial charge on any atom is -0.310 e. The highest BCUT2D eigenvalue weighted by Crippen LogP contribution is 2.65. The molecule has 0 N–H and O–H groups in total. The SMILES string of the molecule is Cc1cc2c(cc1N1c3ccc(C(C)(C)C)cc3C3c4cc5c(cc4N(c4ccc6c(c4)C(C)(C)CC6(C)C)c4cc(C(C)(C)C)cc1c43)C(C)(C)CC5(C)C)C(C)(C)CC2(C)C. The lowest BCUT2D eigenvalue weighted by atomic mass is 9.71. The third-order valence-electron chi connectivity index (χ3n) is 16.8. The predicted octanol–water partition coefficient (Wildman–Crippen LogP) is 17.2. The zero-order valence-electron chi connectivity index (χ0n) is 42.5. The summed E-state index contributed by atoms with van der Waals surface area (Å²) < 4.78 is 0. The molecule has 2 heteroatoms. The second-order valence-electron chi connectivity index (χ2n) is 27.0. The lowest BCUT2D eigenvalue weighted by Gasteiger charge is -2.47. The molecule has 2 nitrogen and oxygen atoms in total. The van der Waals surface area contributed by atoms with Crippen molar-refractivity contribution in [3.8, 4) is 0 Å². The monoisotopic (exact) mass is 837 g/mol. The summed E-state index contributed by atoms with van der Waals surface area (Å²) in [5, 5.41) is 0. The summed E-state index contributed by atoms with van der Waals surface area (Å²) in [6.45, 7) is 46.3. The minimum atomic E-state index is -0.0814. The topological polar surface area (TPSA) is 6.48 Å². The average molecular weight is 837 g/mol. The van der Waals surface area contributed by atoms with E-state index in [1.54, 1.807) is 0 Å². The second kappa shape index (κ2) is 12.5. The maximum Gasteiger partial charge on any atom is 0.0527 e. The lowest BCUT2D eigenvalue weighted by Crippen LogP contribution is -2.31. The second-order valence-corrected chi connectivity index (χ2v) is 27.0. The van der Waals surface area contributed by atoms with Gasteiger partial charge in [-0.15, -0.1) is 0 Å². The summed E-state index contributed by atoms with van der Waals surface area (Å²) in [5.74, 6) is 0.0727. The molecule has 1 atom stereocenters. The Hall–Kier alpha value is -4.30. The van der Waals surface area contributed by atoms with Crippen molar-refractivity contribution in [1.82, 2.24) is 0 Å². The van der Waals surface area contributed by atoms with Crippen molar-refractivity contribution in [3.05, 3.63) is 140 Å². The van der Waals surface area contributed by atoms with Crippen molar-refractivity contribution in [2.45, 2.75) is 200 Å². The fraction of sp³-hybridized carbons (Fsp3) is 0.508. The van der Waals surface area contributed by atoms with Gasteiger partial charge in [0.05, 0.1) is 22.7 Å². The first-order valence-electron chi connectivity index (χ1n) is 24.3. The zero-order valence-corrected chi connectivity index (χ0v) is 42.5. The molecule has 63 heavy (non-hydrogen) atoms. The molecule has 0 bridgehead atoms. The van der Waals surface area contributed by atoms with Crippen LogP contribution in [0.5, 0.6) is 0 Å². The van der Waals surface area contributed by atoms with Gasteiger partial charge in [0.1, 0.15) is 0 Å². The first-order valence-corrected chi connectivity index (χ1v) is 24.3. The first kappa shape index (κ1) is 42.6. The van der Waals surface area contributed by atoms with Crippen molar-refractivity contribution in [2.75, 3.05) is 9.80 Å². The molecule has 2 aliphatic heterocycles. The summed E-state index contributed by atoms with van der Waals surface area (Å²) >= 11 is 0. The molecule has 0 spiro atoms. The van der Waals surface area contributed by atoms with E-state index in [9.17, 15) is 0 Å². The molecular formula is C61H76N2. The van der Waals surface area contributed by atoms with Gasteiger partial charge in [0.15, 0.2) is 0 Å². The van der Waals surface area contributed by atoms with Crippen molar-refractivity contribution in [1.29, 1.82) is 0 Å². The molecule has 0 saturated carbocycles. The normalized spacial score (nSPS) is 22.2. The number of fused-ring (bicyclic) bond motifs is 7. The number of aryl methyl sites for hydroxylation is 1. The Labute approximate surface area is 381 Å². The van der Waals surface area contributed by atoms with E-state index in [1.807, 2.05) is 0 Å². The minimum absolute atomic E-state index is 0.00334. The summed E-state index contributed by atoms with van der Waals surface area (Å²) in [4.78, 5) is 5.43. The Morgan fingerprint density at radius 1 is 0.397 bits per heavy atom. The van der Waals surface area contributed by atoms with Crippen LogP contribution in [0.3, 0.4) is 0 Å². The highest BCUT2D eigenvalue weighted by atomic mass is 15.2. The average Bonchev–Trinajstić information content (AvgIpc) is 3.54. The van der Waals surface area contributed by atoms with Crippen LogP contribution in [0.1, 0.15) is 217 Å². The van der Waals surface area contributed by atoms with Crippen LogP contribution < -0.4 is 9.80 Å². The number of rotatable bonds is 2. The van der Waals surface area contributed by atoms with Crippen LogP contribution in [-0.4, -0.2) is 0 Å². The highest BCUT2D eigenvalue weighted by molar-refractivity contribution is 5.98. The van der Waals surface area contributed by atoms with Gasteiger partial charge >= 0.3 is 0 Å².